The minimum Gasteiger partial charge on any atom is -0.355 e. The lowest BCUT2D eigenvalue weighted by Crippen LogP contribution is -2.14. The summed E-state index contributed by atoms with van der Waals surface area (Å²) in [5.74, 6) is 0.316. The van der Waals surface area contributed by atoms with Crippen molar-refractivity contribution in [1.29, 1.82) is 0 Å². The largest absolute Gasteiger partial charge is 0.355 e. The van der Waals surface area contributed by atoms with Gasteiger partial charge in [-0.25, -0.2) is 0 Å². The zero-order valence-electron chi connectivity index (χ0n) is 14.3. The van der Waals surface area contributed by atoms with Gasteiger partial charge in [-0.1, -0.05) is 35.5 Å². The van der Waals surface area contributed by atoms with Gasteiger partial charge in [-0.05, 0) is 56.0 Å². The molecule has 0 aliphatic heterocycles. The second kappa shape index (κ2) is 6.32. The first-order chi connectivity index (χ1) is 11.5. The highest BCUT2D eigenvalue weighted by molar-refractivity contribution is 6.04. The number of amides is 1. The van der Waals surface area contributed by atoms with E-state index in [9.17, 15) is 4.79 Å². The summed E-state index contributed by atoms with van der Waals surface area (Å²) in [6.07, 6.45) is 0. The Kier molecular flexibility index (Phi) is 4.21. The predicted molar refractivity (Wildman–Crippen MR) is 95.3 cm³/mol. The van der Waals surface area contributed by atoms with Crippen LogP contribution in [-0.2, 0) is 0 Å². The van der Waals surface area contributed by atoms with Crippen LogP contribution in [0.2, 0.25) is 0 Å². The second-order valence-electron chi connectivity index (χ2n) is 6.10. The van der Waals surface area contributed by atoms with Gasteiger partial charge in [0, 0.05) is 17.3 Å². The number of carbonyl (C=O) groups is 1. The van der Waals surface area contributed by atoms with Gasteiger partial charge in [-0.3, -0.25) is 4.79 Å². The van der Waals surface area contributed by atoms with E-state index in [4.69, 9.17) is 4.52 Å². The zero-order valence-corrected chi connectivity index (χ0v) is 14.3. The van der Waals surface area contributed by atoms with Crippen LogP contribution in [0.15, 0.2) is 47.0 Å². The fourth-order valence-electron chi connectivity index (χ4n) is 2.60. The molecule has 0 radical (unpaired) electrons. The molecule has 0 atom stereocenters. The van der Waals surface area contributed by atoms with Crippen molar-refractivity contribution in [3.63, 3.8) is 0 Å². The van der Waals surface area contributed by atoms with E-state index in [1.807, 2.05) is 57.2 Å². The van der Waals surface area contributed by atoms with Crippen molar-refractivity contribution in [3.8, 4) is 11.3 Å². The number of hydrogen-bond donors (Lipinski definition) is 1. The standard InChI is InChI=1S/C20H20N2O2/c1-12-8-9-16(10-15(12)4)18-11-17(22-24-18)20(23)21-19-13(2)6-5-7-14(19)3/h5-11H,1-4H3,(H,21,23). The highest BCUT2D eigenvalue weighted by Gasteiger charge is 2.15. The number of nitrogens with zero attached hydrogens (tertiary/aromatic N) is 1. The number of carbonyl (C=O) groups excluding carboxylic acids is 1. The molecule has 4 heteroatoms. The molecule has 1 amide bonds. The van der Waals surface area contributed by atoms with Crippen LogP contribution in [0, 0.1) is 27.7 Å². The van der Waals surface area contributed by atoms with Gasteiger partial charge >= 0.3 is 0 Å². The van der Waals surface area contributed by atoms with Gasteiger partial charge in [0.15, 0.2) is 11.5 Å². The molecule has 0 spiro atoms. The van der Waals surface area contributed by atoms with Crippen LogP contribution < -0.4 is 5.32 Å². The van der Waals surface area contributed by atoms with Crippen molar-refractivity contribution < 1.29 is 9.32 Å². The Morgan fingerprint density at radius 1 is 0.917 bits per heavy atom. The van der Waals surface area contributed by atoms with E-state index in [0.29, 0.717) is 5.76 Å². The van der Waals surface area contributed by atoms with Crippen LogP contribution in [0.5, 0.6) is 0 Å². The average Bonchev–Trinajstić information content (AvgIpc) is 3.03. The molecule has 1 aromatic heterocycles. The minimum absolute atomic E-state index is 0.269. The predicted octanol–water partition coefficient (Wildman–Crippen LogP) is 4.83. The van der Waals surface area contributed by atoms with E-state index in [0.717, 1.165) is 22.4 Å². The van der Waals surface area contributed by atoms with E-state index < -0.39 is 0 Å². The Hall–Kier alpha value is -2.88. The van der Waals surface area contributed by atoms with E-state index in [1.165, 1.54) is 11.1 Å². The van der Waals surface area contributed by atoms with E-state index in [2.05, 4.69) is 17.4 Å². The van der Waals surface area contributed by atoms with Gasteiger partial charge < -0.3 is 9.84 Å². The molecule has 2 aromatic carbocycles. The third kappa shape index (κ3) is 3.08. The topological polar surface area (TPSA) is 55.1 Å². The zero-order chi connectivity index (χ0) is 17.3. The summed E-state index contributed by atoms with van der Waals surface area (Å²) in [6, 6.07) is 13.6. The number of nitrogens with one attached hydrogen (secondary N) is 1. The average molecular weight is 320 g/mol. The smallest absolute Gasteiger partial charge is 0.277 e. The highest BCUT2D eigenvalue weighted by atomic mass is 16.5. The van der Waals surface area contributed by atoms with Crippen LogP contribution in [-0.4, -0.2) is 11.1 Å². The van der Waals surface area contributed by atoms with Gasteiger partial charge in [0.1, 0.15) is 0 Å². The fraction of sp³-hybridized carbons (Fsp3) is 0.200. The molecule has 0 aliphatic rings. The van der Waals surface area contributed by atoms with Gasteiger partial charge in [0.05, 0.1) is 0 Å². The Bertz CT molecular complexity index is 890. The third-order valence-corrected chi connectivity index (χ3v) is 4.25. The number of hydrogen-bond acceptors (Lipinski definition) is 3. The molecule has 0 unspecified atom stereocenters. The maximum atomic E-state index is 12.5. The van der Waals surface area contributed by atoms with Gasteiger partial charge in [-0.15, -0.1) is 0 Å². The summed E-state index contributed by atoms with van der Waals surface area (Å²) in [5.41, 5.74) is 6.42. The molecule has 0 fully saturated rings. The molecule has 3 aromatic rings. The molecule has 3 rings (SSSR count). The number of para-hydroxylation sites is 1. The number of aryl methyl sites for hydroxylation is 4. The summed E-state index contributed by atoms with van der Waals surface area (Å²) < 4.78 is 5.35. The number of rotatable bonds is 3. The van der Waals surface area contributed by atoms with Crippen molar-refractivity contribution in [2.75, 3.05) is 5.32 Å². The Balaban J connectivity index is 1.85. The first kappa shape index (κ1) is 16.0. The molecule has 1 N–H and O–H groups in total. The minimum atomic E-state index is -0.272. The lowest BCUT2D eigenvalue weighted by Gasteiger charge is -2.09. The van der Waals surface area contributed by atoms with Crippen LogP contribution in [0.3, 0.4) is 0 Å². The summed E-state index contributed by atoms with van der Waals surface area (Å²) >= 11 is 0. The molecule has 0 saturated carbocycles. The van der Waals surface area contributed by atoms with E-state index in [1.54, 1.807) is 6.07 Å². The molecular weight excluding hydrogens is 300 g/mol. The molecular formula is C20H20N2O2. The summed E-state index contributed by atoms with van der Waals surface area (Å²) in [4.78, 5) is 12.5. The van der Waals surface area contributed by atoms with Crippen LogP contribution in [0.1, 0.15) is 32.7 Å². The van der Waals surface area contributed by atoms with Crippen LogP contribution in [0.25, 0.3) is 11.3 Å². The molecule has 0 aliphatic carbocycles. The van der Waals surface area contributed by atoms with Crippen molar-refractivity contribution in [3.05, 3.63) is 70.4 Å². The van der Waals surface area contributed by atoms with Crippen LogP contribution >= 0.6 is 0 Å². The molecule has 4 nitrogen and oxygen atoms in total. The third-order valence-electron chi connectivity index (χ3n) is 4.25. The lowest BCUT2D eigenvalue weighted by molar-refractivity contribution is 0.101. The van der Waals surface area contributed by atoms with Gasteiger partial charge in [-0.2, -0.15) is 0 Å². The summed E-state index contributed by atoms with van der Waals surface area (Å²) in [6.45, 7) is 8.03. The van der Waals surface area contributed by atoms with E-state index >= 15 is 0 Å². The molecule has 24 heavy (non-hydrogen) atoms. The second-order valence-corrected chi connectivity index (χ2v) is 6.10. The number of aromatic nitrogens is 1. The lowest BCUT2D eigenvalue weighted by atomic mass is 10.0. The number of benzene rings is 2. The Morgan fingerprint density at radius 2 is 1.62 bits per heavy atom. The maximum Gasteiger partial charge on any atom is 0.277 e. The quantitative estimate of drug-likeness (QED) is 0.752. The summed E-state index contributed by atoms with van der Waals surface area (Å²) in [7, 11) is 0. The molecule has 1 heterocycles. The first-order valence-electron chi connectivity index (χ1n) is 7.87. The van der Waals surface area contributed by atoms with Crippen molar-refractivity contribution in [2.45, 2.75) is 27.7 Å². The monoisotopic (exact) mass is 320 g/mol. The molecule has 0 bridgehead atoms. The highest BCUT2D eigenvalue weighted by Crippen LogP contribution is 2.24. The van der Waals surface area contributed by atoms with Crippen molar-refractivity contribution in [2.24, 2.45) is 0 Å². The van der Waals surface area contributed by atoms with Crippen LogP contribution in [0.4, 0.5) is 5.69 Å². The van der Waals surface area contributed by atoms with Crippen molar-refractivity contribution in [1.82, 2.24) is 5.16 Å². The molecule has 0 saturated heterocycles. The summed E-state index contributed by atoms with van der Waals surface area (Å²) in [5, 5.41) is 6.83. The Morgan fingerprint density at radius 3 is 2.29 bits per heavy atom. The SMILES string of the molecule is Cc1ccc(-c2cc(C(=O)Nc3c(C)cccc3C)no2)cc1C. The number of anilines is 1. The first-order valence-corrected chi connectivity index (χ1v) is 7.87. The van der Waals surface area contributed by atoms with Crippen molar-refractivity contribution >= 4 is 11.6 Å². The maximum absolute atomic E-state index is 12.5. The van der Waals surface area contributed by atoms with Gasteiger partial charge in [0.25, 0.3) is 5.91 Å². The normalized spacial score (nSPS) is 10.7. The van der Waals surface area contributed by atoms with E-state index in [-0.39, 0.29) is 11.6 Å². The molecule has 122 valence electrons. The fourth-order valence-corrected chi connectivity index (χ4v) is 2.60. The Labute approximate surface area is 141 Å². The van der Waals surface area contributed by atoms with Gasteiger partial charge in [0.2, 0.25) is 0 Å².